The Labute approximate surface area is 91.7 Å². The molecule has 0 unspecified atom stereocenters. The molecule has 0 amide bonds. The van der Waals surface area contributed by atoms with Gasteiger partial charge in [0.1, 0.15) is 6.07 Å². The molecule has 0 fully saturated rings. The number of nitrogens with zero attached hydrogens (tertiary/aromatic N) is 2. The van der Waals surface area contributed by atoms with Crippen LogP contribution in [0.1, 0.15) is 5.56 Å². The SMILES string of the molecule is CN(CCO)c1cccc(Br)c1C#N. The highest BCUT2D eigenvalue weighted by Gasteiger charge is 2.09. The highest BCUT2D eigenvalue weighted by atomic mass is 79.9. The zero-order chi connectivity index (χ0) is 10.6. The van der Waals surface area contributed by atoms with Gasteiger partial charge in [0.15, 0.2) is 0 Å². The Balaban J connectivity index is 3.08. The van der Waals surface area contributed by atoms with E-state index >= 15 is 0 Å². The van der Waals surface area contributed by atoms with Crippen LogP contribution in [-0.4, -0.2) is 25.3 Å². The second kappa shape index (κ2) is 4.99. The van der Waals surface area contributed by atoms with Gasteiger partial charge in [0.25, 0.3) is 0 Å². The lowest BCUT2D eigenvalue weighted by molar-refractivity contribution is 0.304. The first-order valence-corrected chi connectivity index (χ1v) is 5.00. The van der Waals surface area contributed by atoms with Gasteiger partial charge < -0.3 is 10.0 Å². The maximum Gasteiger partial charge on any atom is 0.103 e. The summed E-state index contributed by atoms with van der Waals surface area (Å²) in [6.45, 7) is 0.596. The molecule has 0 bridgehead atoms. The number of aliphatic hydroxyl groups is 1. The van der Waals surface area contributed by atoms with Crippen molar-refractivity contribution in [3.05, 3.63) is 28.2 Å². The summed E-state index contributed by atoms with van der Waals surface area (Å²) >= 11 is 3.32. The summed E-state index contributed by atoms with van der Waals surface area (Å²) in [5, 5.41) is 17.7. The molecular formula is C10H11BrN2O. The van der Waals surface area contributed by atoms with E-state index in [1.54, 1.807) is 0 Å². The van der Waals surface area contributed by atoms with E-state index in [2.05, 4.69) is 22.0 Å². The molecule has 0 saturated heterocycles. The number of hydrogen-bond acceptors (Lipinski definition) is 3. The Morgan fingerprint density at radius 1 is 1.57 bits per heavy atom. The third-order valence-electron chi connectivity index (χ3n) is 1.95. The van der Waals surface area contributed by atoms with E-state index in [1.165, 1.54) is 0 Å². The van der Waals surface area contributed by atoms with Gasteiger partial charge in [-0.15, -0.1) is 0 Å². The fraction of sp³-hybridized carbons (Fsp3) is 0.300. The lowest BCUT2D eigenvalue weighted by atomic mass is 10.2. The molecule has 1 rings (SSSR count). The minimum atomic E-state index is 0.0773. The zero-order valence-corrected chi connectivity index (χ0v) is 9.45. The van der Waals surface area contributed by atoms with Gasteiger partial charge in [-0.05, 0) is 28.1 Å². The van der Waals surface area contributed by atoms with Crippen molar-refractivity contribution in [1.82, 2.24) is 0 Å². The fourth-order valence-corrected chi connectivity index (χ4v) is 1.66. The Morgan fingerprint density at radius 2 is 2.29 bits per heavy atom. The van der Waals surface area contributed by atoms with Crippen LogP contribution in [0, 0.1) is 11.3 Å². The van der Waals surface area contributed by atoms with E-state index in [9.17, 15) is 0 Å². The largest absolute Gasteiger partial charge is 0.395 e. The van der Waals surface area contributed by atoms with Gasteiger partial charge in [-0.2, -0.15) is 5.26 Å². The summed E-state index contributed by atoms with van der Waals surface area (Å²) in [7, 11) is 1.85. The molecule has 0 radical (unpaired) electrons. The molecule has 0 aromatic heterocycles. The number of anilines is 1. The van der Waals surface area contributed by atoms with Crippen molar-refractivity contribution in [1.29, 1.82) is 5.26 Å². The number of hydrogen-bond donors (Lipinski definition) is 1. The molecule has 1 aromatic carbocycles. The molecule has 14 heavy (non-hydrogen) atoms. The molecule has 0 aliphatic heterocycles. The lowest BCUT2D eigenvalue weighted by Gasteiger charge is -2.19. The van der Waals surface area contributed by atoms with Crippen molar-refractivity contribution < 1.29 is 5.11 Å². The Morgan fingerprint density at radius 3 is 2.86 bits per heavy atom. The summed E-state index contributed by atoms with van der Waals surface area (Å²) in [5.41, 5.74) is 1.43. The zero-order valence-electron chi connectivity index (χ0n) is 7.87. The van der Waals surface area contributed by atoms with Crippen molar-refractivity contribution in [3.8, 4) is 6.07 Å². The lowest BCUT2D eigenvalue weighted by Crippen LogP contribution is -2.22. The maximum absolute atomic E-state index is 8.95. The third-order valence-corrected chi connectivity index (χ3v) is 2.61. The van der Waals surface area contributed by atoms with Crippen molar-refractivity contribution in [2.75, 3.05) is 25.1 Å². The number of likely N-dealkylation sites (N-methyl/N-ethyl adjacent to an activating group) is 1. The van der Waals surface area contributed by atoms with Crippen LogP contribution in [0.5, 0.6) is 0 Å². The van der Waals surface area contributed by atoms with E-state index in [4.69, 9.17) is 10.4 Å². The maximum atomic E-state index is 8.95. The average Bonchev–Trinajstić information content (AvgIpc) is 2.17. The molecule has 0 saturated carbocycles. The molecule has 4 heteroatoms. The number of halogens is 1. The minimum Gasteiger partial charge on any atom is -0.395 e. The molecule has 74 valence electrons. The van der Waals surface area contributed by atoms with Gasteiger partial charge in [-0.1, -0.05) is 6.07 Å². The number of rotatable bonds is 3. The number of aliphatic hydroxyl groups excluding tert-OH is 1. The molecule has 0 atom stereocenters. The minimum absolute atomic E-state index is 0.0773. The van der Waals surface area contributed by atoms with Crippen LogP contribution >= 0.6 is 15.9 Å². The topological polar surface area (TPSA) is 47.3 Å². The van der Waals surface area contributed by atoms with E-state index in [1.807, 2.05) is 30.1 Å². The molecule has 0 spiro atoms. The molecular weight excluding hydrogens is 244 g/mol. The van der Waals surface area contributed by atoms with Gasteiger partial charge in [0.05, 0.1) is 17.9 Å². The first-order chi connectivity index (χ1) is 6.70. The Kier molecular flexibility index (Phi) is 3.93. The smallest absolute Gasteiger partial charge is 0.103 e. The predicted molar refractivity (Wildman–Crippen MR) is 59.2 cm³/mol. The molecule has 0 aliphatic carbocycles. The summed E-state index contributed by atoms with van der Waals surface area (Å²) in [6, 6.07) is 7.69. The molecule has 1 aromatic rings. The highest BCUT2D eigenvalue weighted by molar-refractivity contribution is 9.10. The van der Waals surface area contributed by atoms with Crippen LogP contribution in [0.3, 0.4) is 0 Å². The van der Waals surface area contributed by atoms with Crippen LogP contribution < -0.4 is 4.90 Å². The monoisotopic (exact) mass is 254 g/mol. The van der Waals surface area contributed by atoms with Crippen molar-refractivity contribution in [2.24, 2.45) is 0 Å². The second-order valence-electron chi connectivity index (χ2n) is 2.89. The molecule has 0 heterocycles. The predicted octanol–water partition coefficient (Wildman–Crippen LogP) is 1.75. The molecule has 1 N–H and O–H groups in total. The van der Waals surface area contributed by atoms with Crippen LogP contribution in [-0.2, 0) is 0 Å². The van der Waals surface area contributed by atoms with Gasteiger partial charge in [-0.25, -0.2) is 0 Å². The van der Waals surface area contributed by atoms with E-state index in [0.29, 0.717) is 12.1 Å². The normalized spacial score (nSPS) is 9.57. The summed E-state index contributed by atoms with van der Waals surface area (Å²) in [4.78, 5) is 1.85. The van der Waals surface area contributed by atoms with Gasteiger partial charge in [-0.3, -0.25) is 0 Å². The van der Waals surface area contributed by atoms with Crippen molar-refractivity contribution >= 4 is 21.6 Å². The second-order valence-corrected chi connectivity index (χ2v) is 3.75. The molecule has 0 aliphatic rings. The third kappa shape index (κ3) is 2.25. The quantitative estimate of drug-likeness (QED) is 0.895. The van der Waals surface area contributed by atoms with Crippen molar-refractivity contribution in [2.45, 2.75) is 0 Å². The van der Waals surface area contributed by atoms with Gasteiger partial charge >= 0.3 is 0 Å². The highest BCUT2D eigenvalue weighted by Crippen LogP contribution is 2.25. The van der Waals surface area contributed by atoms with Crippen molar-refractivity contribution in [3.63, 3.8) is 0 Å². The molecule has 3 nitrogen and oxygen atoms in total. The first-order valence-electron chi connectivity index (χ1n) is 4.21. The van der Waals surface area contributed by atoms with E-state index in [0.717, 1.165) is 10.2 Å². The average molecular weight is 255 g/mol. The summed E-state index contributed by atoms with van der Waals surface area (Å²) in [6.07, 6.45) is 0. The van der Waals surface area contributed by atoms with Crippen LogP contribution in [0.25, 0.3) is 0 Å². The first kappa shape index (κ1) is 11.0. The summed E-state index contributed by atoms with van der Waals surface area (Å²) < 4.78 is 0.780. The number of benzene rings is 1. The number of nitriles is 1. The standard InChI is InChI=1S/C10H11BrN2O/c1-13(5-6-14)10-4-2-3-9(11)8(10)7-12/h2-4,14H,5-6H2,1H3. The van der Waals surface area contributed by atoms with Crippen LogP contribution in [0.4, 0.5) is 5.69 Å². The van der Waals surface area contributed by atoms with Gasteiger partial charge in [0.2, 0.25) is 0 Å². The van der Waals surface area contributed by atoms with Crippen LogP contribution in [0.15, 0.2) is 22.7 Å². The fourth-order valence-electron chi connectivity index (χ4n) is 1.21. The Hall–Kier alpha value is -1.05. The Bertz CT molecular complexity index is 360. The van der Waals surface area contributed by atoms with Crippen LogP contribution in [0.2, 0.25) is 0 Å². The van der Waals surface area contributed by atoms with E-state index < -0.39 is 0 Å². The summed E-state index contributed by atoms with van der Waals surface area (Å²) in [5.74, 6) is 0. The van der Waals surface area contributed by atoms with Gasteiger partial charge in [0, 0.05) is 18.1 Å². The van der Waals surface area contributed by atoms with E-state index in [-0.39, 0.29) is 6.61 Å².